The molecule has 2 aromatic heterocycles. The molecule has 2 heterocycles. The Hall–Kier alpha value is -2.25. The van der Waals surface area contributed by atoms with Crippen molar-refractivity contribution in [3.05, 3.63) is 56.9 Å². The van der Waals surface area contributed by atoms with E-state index in [0.29, 0.717) is 12.2 Å². The molecular formula is C14H12ClN5OS. The molecule has 0 saturated carbocycles. The van der Waals surface area contributed by atoms with Gasteiger partial charge in [0.2, 0.25) is 0 Å². The second-order valence-electron chi connectivity index (χ2n) is 4.52. The van der Waals surface area contributed by atoms with Crippen LogP contribution in [-0.4, -0.2) is 20.0 Å². The summed E-state index contributed by atoms with van der Waals surface area (Å²) in [4.78, 5) is 11.7. The molecule has 6 nitrogen and oxygen atoms in total. The molecule has 0 fully saturated rings. The Kier molecular flexibility index (Phi) is 4.17. The summed E-state index contributed by atoms with van der Waals surface area (Å²) in [6, 6.07) is 9.84. The number of anilines is 1. The maximum atomic E-state index is 11.7. The lowest BCUT2D eigenvalue weighted by molar-refractivity contribution is 0.708. The molecule has 0 radical (unpaired) electrons. The maximum absolute atomic E-state index is 11.7. The molecule has 0 unspecified atom stereocenters. The number of benzene rings is 1. The van der Waals surface area contributed by atoms with Gasteiger partial charge in [-0.05, 0) is 0 Å². The molecule has 0 aliphatic rings. The van der Waals surface area contributed by atoms with E-state index in [9.17, 15) is 4.79 Å². The number of aryl methyl sites for hydroxylation is 1. The van der Waals surface area contributed by atoms with Gasteiger partial charge in [0.15, 0.2) is 0 Å². The van der Waals surface area contributed by atoms with Crippen molar-refractivity contribution < 1.29 is 0 Å². The summed E-state index contributed by atoms with van der Waals surface area (Å²) in [5.41, 5.74) is 1.18. The monoisotopic (exact) mass is 333 g/mol. The van der Waals surface area contributed by atoms with Gasteiger partial charge in [0.25, 0.3) is 5.56 Å². The SMILES string of the molecule is Cn1ncc(NCc2nnc(-c3ccccc3)s2)c(Cl)c1=O. The predicted octanol–water partition coefficient (Wildman–Crippen LogP) is 2.56. The van der Waals surface area contributed by atoms with Crippen LogP contribution >= 0.6 is 22.9 Å². The van der Waals surface area contributed by atoms with E-state index >= 15 is 0 Å². The van der Waals surface area contributed by atoms with E-state index in [2.05, 4.69) is 20.6 Å². The van der Waals surface area contributed by atoms with Crippen molar-refractivity contribution in [2.24, 2.45) is 7.05 Å². The fourth-order valence-electron chi connectivity index (χ4n) is 1.83. The first-order valence-electron chi connectivity index (χ1n) is 6.48. The highest BCUT2D eigenvalue weighted by Crippen LogP contribution is 2.24. The van der Waals surface area contributed by atoms with Gasteiger partial charge in [-0.15, -0.1) is 10.2 Å². The fourth-order valence-corrected chi connectivity index (χ4v) is 2.85. The van der Waals surface area contributed by atoms with Crippen LogP contribution in [0, 0.1) is 0 Å². The molecule has 0 aliphatic heterocycles. The van der Waals surface area contributed by atoms with Crippen LogP contribution in [0.1, 0.15) is 5.01 Å². The molecule has 0 saturated heterocycles. The second kappa shape index (κ2) is 6.25. The van der Waals surface area contributed by atoms with Crippen molar-refractivity contribution in [1.29, 1.82) is 0 Å². The summed E-state index contributed by atoms with van der Waals surface area (Å²) in [5.74, 6) is 0. The number of hydrogen-bond acceptors (Lipinski definition) is 6. The molecule has 0 aliphatic carbocycles. The van der Waals surface area contributed by atoms with Crippen molar-refractivity contribution in [2.45, 2.75) is 6.54 Å². The topological polar surface area (TPSA) is 72.7 Å². The zero-order valence-corrected chi connectivity index (χ0v) is 13.2. The molecular weight excluding hydrogens is 322 g/mol. The van der Waals surface area contributed by atoms with Crippen LogP contribution in [0.3, 0.4) is 0 Å². The first kappa shape index (κ1) is 14.7. The largest absolute Gasteiger partial charge is 0.376 e. The normalized spacial score (nSPS) is 10.6. The molecule has 1 aromatic carbocycles. The van der Waals surface area contributed by atoms with Crippen LogP contribution in [-0.2, 0) is 13.6 Å². The molecule has 8 heteroatoms. The minimum absolute atomic E-state index is 0.116. The Balaban J connectivity index is 1.74. The number of hydrogen-bond donors (Lipinski definition) is 1. The van der Waals surface area contributed by atoms with Gasteiger partial charge < -0.3 is 5.32 Å². The van der Waals surface area contributed by atoms with E-state index in [-0.39, 0.29) is 10.6 Å². The predicted molar refractivity (Wildman–Crippen MR) is 87.2 cm³/mol. The van der Waals surface area contributed by atoms with Gasteiger partial charge >= 0.3 is 0 Å². The Bertz CT molecular complexity index is 846. The zero-order valence-electron chi connectivity index (χ0n) is 11.7. The van der Waals surface area contributed by atoms with E-state index in [4.69, 9.17) is 11.6 Å². The standard InChI is InChI=1S/C14H12ClN5OS/c1-20-14(21)12(15)10(7-17-20)16-8-11-18-19-13(22-11)9-5-3-2-4-6-9/h2-7,16H,8H2,1H3. The number of aromatic nitrogens is 4. The quantitative estimate of drug-likeness (QED) is 0.794. The van der Waals surface area contributed by atoms with Crippen LogP contribution in [0.2, 0.25) is 5.02 Å². The lowest BCUT2D eigenvalue weighted by atomic mass is 10.2. The summed E-state index contributed by atoms with van der Waals surface area (Å²) in [5, 5.41) is 17.1. The van der Waals surface area contributed by atoms with Gasteiger partial charge in [0, 0.05) is 12.6 Å². The van der Waals surface area contributed by atoms with Crippen LogP contribution in [0.25, 0.3) is 10.6 Å². The molecule has 0 atom stereocenters. The van der Waals surface area contributed by atoms with E-state index in [1.54, 1.807) is 7.05 Å². The number of nitrogens with zero attached hydrogens (tertiary/aromatic N) is 4. The first-order valence-corrected chi connectivity index (χ1v) is 7.68. The first-order chi connectivity index (χ1) is 10.6. The number of halogens is 1. The third kappa shape index (κ3) is 3.00. The zero-order chi connectivity index (χ0) is 15.5. The molecule has 0 bridgehead atoms. The molecule has 22 heavy (non-hydrogen) atoms. The van der Waals surface area contributed by atoms with Crippen molar-refractivity contribution in [3.63, 3.8) is 0 Å². The van der Waals surface area contributed by atoms with Crippen LogP contribution in [0.4, 0.5) is 5.69 Å². The third-order valence-corrected chi connectivity index (χ3v) is 4.33. The minimum Gasteiger partial charge on any atom is -0.376 e. The highest BCUT2D eigenvalue weighted by atomic mass is 35.5. The molecule has 1 N–H and O–H groups in total. The van der Waals surface area contributed by atoms with Crippen molar-refractivity contribution >= 4 is 28.6 Å². The fraction of sp³-hybridized carbons (Fsp3) is 0.143. The van der Waals surface area contributed by atoms with E-state index in [1.807, 2.05) is 30.3 Å². The Labute approximate surface area is 135 Å². The number of rotatable bonds is 4. The number of nitrogens with one attached hydrogen (secondary N) is 1. The van der Waals surface area contributed by atoms with Crippen LogP contribution in [0.5, 0.6) is 0 Å². The summed E-state index contributed by atoms with van der Waals surface area (Å²) in [6.45, 7) is 0.430. The smallest absolute Gasteiger partial charge is 0.287 e. The minimum atomic E-state index is -0.339. The van der Waals surface area contributed by atoms with Gasteiger partial charge in [-0.3, -0.25) is 4.79 Å². The summed E-state index contributed by atoms with van der Waals surface area (Å²) in [7, 11) is 1.55. The molecule has 0 spiro atoms. The Morgan fingerprint density at radius 1 is 1.27 bits per heavy atom. The lowest BCUT2D eigenvalue weighted by Gasteiger charge is -2.06. The molecule has 3 rings (SSSR count). The maximum Gasteiger partial charge on any atom is 0.287 e. The van der Waals surface area contributed by atoms with Crippen molar-refractivity contribution in [3.8, 4) is 10.6 Å². The van der Waals surface area contributed by atoms with E-state index < -0.39 is 0 Å². The third-order valence-electron chi connectivity index (χ3n) is 3.00. The highest BCUT2D eigenvalue weighted by Gasteiger charge is 2.09. The molecule has 3 aromatic rings. The van der Waals surface area contributed by atoms with Gasteiger partial charge in [-0.25, -0.2) is 4.68 Å². The van der Waals surface area contributed by atoms with Crippen LogP contribution < -0.4 is 10.9 Å². The Morgan fingerprint density at radius 3 is 2.82 bits per heavy atom. The van der Waals surface area contributed by atoms with Gasteiger partial charge in [-0.1, -0.05) is 53.3 Å². The van der Waals surface area contributed by atoms with Gasteiger partial charge in [0.05, 0.1) is 18.4 Å². The molecule has 112 valence electrons. The van der Waals surface area contributed by atoms with Crippen LogP contribution in [0.15, 0.2) is 41.3 Å². The average Bonchev–Trinajstić information content (AvgIpc) is 3.02. The van der Waals surface area contributed by atoms with Gasteiger partial charge in [0.1, 0.15) is 15.0 Å². The van der Waals surface area contributed by atoms with Crippen molar-refractivity contribution in [1.82, 2.24) is 20.0 Å². The van der Waals surface area contributed by atoms with E-state index in [1.165, 1.54) is 22.2 Å². The summed E-state index contributed by atoms with van der Waals surface area (Å²) >= 11 is 7.48. The second-order valence-corrected chi connectivity index (χ2v) is 5.96. The average molecular weight is 334 g/mol. The van der Waals surface area contributed by atoms with Crippen molar-refractivity contribution in [2.75, 3.05) is 5.32 Å². The Morgan fingerprint density at radius 2 is 2.05 bits per heavy atom. The summed E-state index contributed by atoms with van der Waals surface area (Å²) in [6.07, 6.45) is 1.52. The summed E-state index contributed by atoms with van der Waals surface area (Å²) < 4.78 is 1.19. The van der Waals surface area contributed by atoms with Gasteiger partial charge in [-0.2, -0.15) is 5.10 Å². The highest BCUT2D eigenvalue weighted by molar-refractivity contribution is 7.14. The lowest BCUT2D eigenvalue weighted by Crippen LogP contribution is -2.21. The molecule has 0 amide bonds. The van der Waals surface area contributed by atoms with E-state index in [0.717, 1.165) is 15.6 Å².